The van der Waals surface area contributed by atoms with Gasteiger partial charge < -0.3 is 9.64 Å². The van der Waals surface area contributed by atoms with Gasteiger partial charge in [0.1, 0.15) is 0 Å². The van der Waals surface area contributed by atoms with E-state index in [2.05, 4.69) is 6.07 Å². The van der Waals surface area contributed by atoms with Crippen molar-refractivity contribution < 1.29 is 9.53 Å². The van der Waals surface area contributed by atoms with Crippen molar-refractivity contribution in [2.75, 3.05) is 19.8 Å². The van der Waals surface area contributed by atoms with Gasteiger partial charge in [0.2, 0.25) is 0 Å². The highest BCUT2D eigenvalue weighted by Gasteiger charge is 2.26. The maximum Gasteiger partial charge on any atom is 0.254 e. The summed E-state index contributed by atoms with van der Waals surface area (Å²) in [4.78, 5) is 14.2. The Kier molecular flexibility index (Phi) is 3.96. The van der Waals surface area contributed by atoms with E-state index < -0.39 is 0 Å². The molecule has 0 saturated carbocycles. The van der Waals surface area contributed by atoms with Crippen LogP contribution in [0.15, 0.2) is 24.3 Å². The molecule has 4 heteroatoms. The van der Waals surface area contributed by atoms with E-state index in [9.17, 15) is 4.79 Å². The van der Waals surface area contributed by atoms with Gasteiger partial charge in [-0.3, -0.25) is 4.79 Å². The predicted molar refractivity (Wildman–Crippen MR) is 67.1 cm³/mol. The molecule has 1 fully saturated rings. The molecular formula is C14H16N2O2. The minimum Gasteiger partial charge on any atom is -0.377 e. The van der Waals surface area contributed by atoms with E-state index in [1.165, 1.54) is 0 Å². The van der Waals surface area contributed by atoms with Crippen molar-refractivity contribution in [3.63, 3.8) is 0 Å². The van der Waals surface area contributed by atoms with Gasteiger partial charge in [-0.15, -0.1) is 0 Å². The first-order valence-electron chi connectivity index (χ1n) is 6.15. The number of benzene rings is 1. The molecule has 4 nitrogen and oxygen atoms in total. The van der Waals surface area contributed by atoms with Gasteiger partial charge in [0.25, 0.3) is 5.91 Å². The standard InChI is InChI=1S/C14H16N2O2/c1-2-13-10-18-7-6-16(13)14(17)12-5-3-4-11(8-12)9-15/h3-5,8,13H,2,6-7,10H2,1H3. The number of hydrogen-bond donors (Lipinski definition) is 0. The summed E-state index contributed by atoms with van der Waals surface area (Å²) in [5, 5.41) is 8.86. The second kappa shape index (κ2) is 5.65. The lowest BCUT2D eigenvalue weighted by Crippen LogP contribution is -2.48. The SMILES string of the molecule is CCC1COCCN1C(=O)c1cccc(C#N)c1. The number of ether oxygens (including phenoxy) is 1. The highest BCUT2D eigenvalue weighted by Crippen LogP contribution is 2.15. The van der Waals surface area contributed by atoms with Crippen molar-refractivity contribution in [3.05, 3.63) is 35.4 Å². The molecule has 0 radical (unpaired) electrons. The van der Waals surface area contributed by atoms with E-state index in [0.717, 1.165) is 6.42 Å². The average Bonchev–Trinajstić information content (AvgIpc) is 2.46. The summed E-state index contributed by atoms with van der Waals surface area (Å²) >= 11 is 0. The maximum atomic E-state index is 12.4. The van der Waals surface area contributed by atoms with Gasteiger partial charge in [-0.1, -0.05) is 13.0 Å². The van der Waals surface area contributed by atoms with Crippen molar-refractivity contribution >= 4 is 5.91 Å². The van der Waals surface area contributed by atoms with E-state index in [4.69, 9.17) is 10.00 Å². The zero-order chi connectivity index (χ0) is 13.0. The molecule has 1 amide bonds. The smallest absolute Gasteiger partial charge is 0.254 e. The summed E-state index contributed by atoms with van der Waals surface area (Å²) in [6, 6.07) is 9.03. The van der Waals surface area contributed by atoms with E-state index in [1.54, 1.807) is 24.3 Å². The van der Waals surface area contributed by atoms with Crippen LogP contribution in [0.3, 0.4) is 0 Å². The predicted octanol–water partition coefficient (Wildman–Crippen LogP) is 1.81. The Balaban J connectivity index is 2.21. The summed E-state index contributed by atoms with van der Waals surface area (Å²) in [5.41, 5.74) is 1.09. The Morgan fingerprint density at radius 1 is 1.61 bits per heavy atom. The minimum absolute atomic E-state index is 0.0118. The first kappa shape index (κ1) is 12.6. The quantitative estimate of drug-likeness (QED) is 0.797. The zero-order valence-corrected chi connectivity index (χ0v) is 10.4. The van der Waals surface area contributed by atoms with Gasteiger partial charge in [0, 0.05) is 12.1 Å². The van der Waals surface area contributed by atoms with Crippen LogP contribution in [0.5, 0.6) is 0 Å². The number of amides is 1. The van der Waals surface area contributed by atoms with Crippen LogP contribution in [-0.2, 0) is 4.74 Å². The summed E-state index contributed by atoms with van der Waals surface area (Å²) in [6.07, 6.45) is 0.879. The molecule has 0 aromatic heterocycles. The van der Waals surface area contributed by atoms with Gasteiger partial charge in [-0.2, -0.15) is 5.26 Å². The maximum absolute atomic E-state index is 12.4. The fraction of sp³-hybridized carbons (Fsp3) is 0.429. The molecule has 0 aliphatic carbocycles. The normalized spacial score (nSPS) is 19.3. The molecule has 1 aliphatic heterocycles. The number of rotatable bonds is 2. The first-order valence-corrected chi connectivity index (χ1v) is 6.15. The summed E-state index contributed by atoms with van der Waals surface area (Å²) in [5.74, 6) is -0.0118. The van der Waals surface area contributed by atoms with Crippen molar-refractivity contribution in [3.8, 4) is 6.07 Å². The topological polar surface area (TPSA) is 53.3 Å². The number of carbonyl (C=O) groups is 1. The molecule has 2 rings (SSSR count). The summed E-state index contributed by atoms with van der Waals surface area (Å²) in [7, 11) is 0. The van der Waals surface area contributed by atoms with Crippen LogP contribution in [0.2, 0.25) is 0 Å². The number of nitriles is 1. The van der Waals surface area contributed by atoms with Crippen LogP contribution in [0, 0.1) is 11.3 Å². The van der Waals surface area contributed by atoms with Crippen LogP contribution in [0.1, 0.15) is 29.3 Å². The molecule has 1 saturated heterocycles. The van der Waals surface area contributed by atoms with Crippen molar-refractivity contribution in [2.24, 2.45) is 0 Å². The lowest BCUT2D eigenvalue weighted by molar-refractivity contribution is -0.00279. The molecule has 0 bridgehead atoms. The molecule has 18 heavy (non-hydrogen) atoms. The van der Waals surface area contributed by atoms with Crippen LogP contribution in [0.4, 0.5) is 0 Å². The van der Waals surface area contributed by atoms with Crippen molar-refractivity contribution in [1.29, 1.82) is 5.26 Å². The van der Waals surface area contributed by atoms with Gasteiger partial charge in [0.05, 0.1) is 30.9 Å². The zero-order valence-electron chi connectivity index (χ0n) is 10.4. The molecule has 0 N–H and O–H groups in total. The number of morpholine rings is 1. The molecule has 1 atom stereocenters. The van der Waals surface area contributed by atoms with Crippen LogP contribution in [-0.4, -0.2) is 36.6 Å². The van der Waals surface area contributed by atoms with Crippen LogP contribution >= 0.6 is 0 Å². The van der Waals surface area contributed by atoms with Crippen molar-refractivity contribution in [2.45, 2.75) is 19.4 Å². The highest BCUT2D eigenvalue weighted by molar-refractivity contribution is 5.94. The van der Waals surface area contributed by atoms with E-state index >= 15 is 0 Å². The fourth-order valence-electron chi connectivity index (χ4n) is 2.15. The molecule has 1 heterocycles. The largest absolute Gasteiger partial charge is 0.377 e. The molecule has 1 aromatic carbocycles. The fourth-order valence-corrected chi connectivity index (χ4v) is 2.15. The Bertz CT molecular complexity index is 479. The first-order chi connectivity index (χ1) is 8.76. The summed E-state index contributed by atoms with van der Waals surface area (Å²) in [6.45, 7) is 3.85. The monoisotopic (exact) mass is 244 g/mol. The van der Waals surface area contributed by atoms with Gasteiger partial charge in [-0.05, 0) is 24.6 Å². The minimum atomic E-state index is -0.0118. The summed E-state index contributed by atoms with van der Waals surface area (Å²) < 4.78 is 5.39. The van der Waals surface area contributed by atoms with Gasteiger partial charge >= 0.3 is 0 Å². The third-order valence-electron chi connectivity index (χ3n) is 3.20. The Labute approximate surface area is 107 Å². The number of nitrogens with zero attached hydrogens (tertiary/aromatic N) is 2. The molecular weight excluding hydrogens is 228 g/mol. The third-order valence-corrected chi connectivity index (χ3v) is 3.20. The van der Waals surface area contributed by atoms with Gasteiger partial charge in [0.15, 0.2) is 0 Å². The van der Waals surface area contributed by atoms with Crippen molar-refractivity contribution in [1.82, 2.24) is 4.90 Å². The molecule has 0 spiro atoms. The Morgan fingerprint density at radius 2 is 2.44 bits per heavy atom. The van der Waals surface area contributed by atoms with E-state index in [1.807, 2.05) is 11.8 Å². The average molecular weight is 244 g/mol. The second-order valence-corrected chi connectivity index (χ2v) is 4.33. The third kappa shape index (κ3) is 2.52. The number of hydrogen-bond acceptors (Lipinski definition) is 3. The van der Waals surface area contributed by atoms with E-state index in [-0.39, 0.29) is 11.9 Å². The lowest BCUT2D eigenvalue weighted by atomic mass is 10.1. The van der Waals surface area contributed by atoms with E-state index in [0.29, 0.717) is 30.9 Å². The Hall–Kier alpha value is -1.86. The molecule has 94 valence electrons. The Morgan fingerprint density at radius 3 is 3.17 bits per heavy atom. The lowest BCUT2D eigenvalue weighted by Gasteiger charge is -2.35. The number of carbonyl (C=O) groups excluding carboxylic acids is 1. The van der Waals surface area contributed by atoms with Crippen LogP contribution in [0.25, 0.3) is 0 Å². The second-order valence-electron chi connectivity index (χ2n) is 4.33. The van der Waals surface area contributed by atoms with Gasteiger partial charge in [-0.25, -0.2) is 0 Å². The van der Waals surface area contributed by atoms with Crippen LogP contribution < -0.4 is 0 Å². The molecule has 1 unspecified atom stereocenters. The molecule has 1 aromatic rings. The molecule has 1 aliphatic rings. The highest BCUT2D eigenvalue weighted by atomic mass is 16.5.